The highest BCUT2D eigenvalue weighted by Crippen LogP contribution is 2.21. The molecule has 1 heterocycles. The molecule has 0 radical (unpaired) electrons. The standard InChI is InChI=1S/C10H5ClFNO3/c11-5-1-2-6(12)8-7(5)9(14)4(3-13-8)10(15)16/h1-3H,(H,13,14)(H,15,16). The van der Waals surface area contributed by atoms with Gasteiger partial charge in [0.1, 0.15) is 11.4 Å². The molecule has 0 amide bonds. The van der Waals surface area contributed by atoms with Crippen molar-refractivity contribution >= 4 is 28.5 Å². The van der Waals surface area contributed by atoms with Gasteiger partial charge < -0.3 is 10.1 Å². The van der Waals surface area contributed by atoms with Gasteiger partial charge in [0.25, 0.3) is 0 Å². The van der Waals surface area contributed by atoms with Crippen molar-refractivity contribution in [1.82, 2.24) is 4.98 Å². The number of aromatic carboxylic acids is 1. The van der Waals surface area contributed by atoms with Crippen LogP contribution in [0.3, 0.4) is 0 Å². The van der Waals surface area contributed by atoms with Crippen LogP contribution in [-0.4, -0.2) is 16.1 Å². The van der Waals surface area contributed by atoms with Crippen molar-refractivity contribution in [2.24, 2.45) is 0 Å². The number of carboxylic acids is 1. The Hall–Kier alpha value is -1.88. The van der Waals surface area contributed by atoms with Crippen LogP contribution in [0.5, 0.6) is 0 Å². The average Bonchev–Trinajstić information content (AvgIpc) is 2.23. The number of H-pyrrole nitrogens is 1. The zero-order valence-electron chi connectivity index (χ0n) is 7.75. The molecule has 0 aliphatic carbocycles. The van der Waals surface area contributed by atoms with Crippen LogP contribution < -0.4 is 5.43 Å². The summed E-state index contributed by atoms with van der Waals surface area (Å²) < 4.78 is 13.3. The van der Waals surface area contributed by atoms with E-state index in [-0.39, 0.29) is 15.9 Å². The van der Waals surface area contributed by atoms with Gasteiger partial charge in [-0.2, -0.15) is 0 Å². The molecule has 0 aliphatic rings. The van der Waals surface area contributed by atoms with Gasteiger partial charge in [0.15, 0.2) is 0 Å². The molecular formula is C10H5ClFNO3. The summed E-state index contributed by atoms with van der Waals surface area (Å²) in [6, 6.07) is 2.31. The highest BCUT2D eigenvalue weighted by molar-refractivity contribution is 6.35. The number of hydrogen-bond acceptors (Lipinski definition) is 2. The average molecular weight is 242 g/mol. The first-order valence-corrected chi connectivity index (χ1v) is 4.63. The molecule has 2 rings (SSSR count). The SMILES string of the molecule is O=C(O)c1c[nH]c2c(F)ccc(Cl)c2c1=O. The fraction of sp³-hybridized carbons (Fsp3) is 0. The molecule has 1 aromatic heterocycles. The molecule has 0 unspecified atom stereocenters. The van der Waals surface area contributed by atoms with Gasteiger partial charge in [0.2, 0.25) is 5.43 Å². The summed E-state index contributed by atoms with van der Waals surface area (Å²) in [4.78, 5) is 24.8. The van der Waals surface area contributed by atoms with Crippen LogP contribution >= 0.6 is 11.6 Å². The summed E-state index contributed by atoms with van der Waals surface area (Å²) in [6.45, 7) is 0. The molecule has 0 bridgehead atoms. The van der Waals surface area contributed by atoms with Crippen molar-refractivity contribution in [1.29, 1.82) is 0 Å². The fourth-order valence-corrected chi connectivity index (χ4v) is 1.66. The smallest absolute Gasteiger partial charge is 0.341 e. The lowest BCUT2D eigenvalue weighted by Gasteiger charge is -2.02. The number of aromatic amines is 1. The normalized spacial score (nSPS) is 10.6. The molecule has 4 nitrogen and oxygen atoms in total. The number of nitrogens with one attached hydrogen (secondary N) is 1. The number of halogens is 2. The van der Waals surface area contributed by atoms with E-state index in [2.05, 4.69) is 4.98 Å². The highest BCUT2D eigenvalue weighted by atomic mass is 35.5. The lowest BCUT2D eigenvalue weighted by Crippen LogP contribution is -2.16. The van der Waals surface area contributed by atoms with Crippen LogP contribution in [0, 0.1) is 5.82 Å². The molecule has 16 heavy (non-hydrogen) atoms. The van der Waals surface area contributed by atoms with Gasteiger partial charge >= 0.3 is 5.97 Å². The van der Waals surface area contributed by atoms with E-state index in [0.29, 0.717) is 0 Å². The second-order valence-corrected chi connectivity index (χ2v) is 3.52. The van der Waals surface area contributed by atoms with Crippen molar-refractivity contribution in [2.75, 3.05) is 0 Å². The zero-order chi connectivity index (χ0) is 11.9. The molecule has 0 atom stereocenters. The lowest BCUT2D eigenvalue weighted by atomic mass is 10.1. The third kappa shape index (κ3) is 1.45. The maximum atomic E-state index is 13.3. The molecule has 0 aliphatic heterocycles. The summed E-state index contributed by atoms with van der Waals surface area (Å²) in [5.74, 6) is -2.04. The number of pyridine rings is 1. The Morgan fingerprint density at radius 1 is 1.44 bits per heavy atom. The number of aromatic nitrogens is 1. The van der Waals surface area contributed by atoms with Crippen LogP contribution in [0.4, 0.5) is 4.39 Å². The van der Waals surface area contributed by atoms with E-state index >= 15 is 0 Å². The first-order chi connectivity index (χ1) is 7.52. The van der Waals surface area contributed by atoms with E-state index in [1.54, 1.807) is 0 Å². The largest absolute Gasteiger partial charge is 0.477 e. The summed E-state index contributed by atoms with van der Waals surface area (Å²) in [6.07, 6.45) is 0.951. The maximum Gasteiger partial charge on any atom is 0.341 e. The Morgan fingerprint density at radius 2 is 2.12 bits per heavy atom. The van der Waals surface area contributed by atoms with E-state index in [4.69, 9.17) is 16.7 Å². The quantitative estimate of drug-likeness (QED) is 0.802. The van der Waals surface area contributed by atoms with E-state index < -0.39 is 22.8 Å². The Bertz CT molecular complexity index is 650. The Balaban J connectivity index is 3.00. The van der Waals surface area contributed by atoms with Crippen molar-refractivity contribution in [3.8, 4) is 0 Å². The highest BCUT2D eigenvalue weighted by Gasteiger charge is 2.15. The van der Waals surface area contributed by atoms with Crippen molar-refractivity contribution in [3.05, 3.63) is 45.0 Å². The molecule has 0 spiro atoms. The topological polar surface area (TPSA) is 70.2 Å². The minimum absolute atomic E-state index is 0.0146. The van der Waals surface area contributed by atoms with Gasteiger partial charge in [-0.3, -0.25) is 4.79 Å². The Morgan fingerprint density at radius 3 is 2.75 bits per heavy atom. The summed E-state index contributed by atoms with van der Waals surface area (Å²) in [7, 11) is 0. The van der Waals surface area contributed by atoms with Gasteiger partial charge in [-0.05, 0) is 12.1 Å². The van der Waals surface area contributed by atoms with E-state index in [1.807, 2.05) is 0 Å². The number of benzene rings is 1. The lowest BCUT2D eigenvalue weighted by molar-refractivity contribution is 0.0695. The Kier molecular flexibility index (Phi) is 2.40. The van der Waals surface area contributed by atoms with Crippen LogP contribution in [0.15, 0.2) is 23.1 Å². The predicted molar refractivity (Wildman–Crippen MR) is 56.5 cm³/mol. The third-order valence-electron chi connectivity index (χ3n) is 2.17. The van der Waals surface area contributed by atoms with Crippen LogP contribution in [0.25, 0.3) is 10.9 Å². The van der Waals surface area contributed by atoms with Gasteiger partial charge in [-0.15, -0.1) is 0 Å². The molecule has 0 fully saturated rings. The zero-order valence-corrected chi connectivity index (χ0v) is 8.51. The molecule has 2 aromatic rings. The minimum Gasteiger partial charge on any atom is -0.477 e. The van der Waals surface area contributed by atoms with E-state index in [0.717, 1.165) is 12.3 Å². The fourth-order valence-electron chi connectivity index (χ4n) is 1.42. The van der Waals surface area contributed by atoms with Gasteiger partial charge in [-0.1, -0.05) is 11.6 Å². The third-order valence-corrected chi connectivity index (χ3v) is 2.48. The minimum atomic E-state index is -1.39. The van der Waals surface area contributed by atoms with Crippen molar-refractivity contribution in [3.63, 3.8) is 0 Å². The maximum absolute atomic E-state index is 13.3. The number of hydrogen-bond donors (Lipinski definition) is 2. The first-order valence-electron chi connectivity index (χ1n) is 4.25. The first kappa shape index (κ1) is 10.6. The molecule has 0 saturated heterocycles. The van der Waals surface area contributed by atoms with Crippen molar-refractivity contribution < 1.29 is 14.3 Å². The van der Waals surface area contributed by atoms with Crippen LogP contribution in [-0.2, 0) is 0 Å². The Labute approximate surface area is 93.3 Å². The summed E-state index contributed by atoms with van der Waals surface area (Å²) in [5.41, 5.74) is -1.37. The summed E-state index contributed by atoms with van der Waals surface area (Å²) >= 11 is 5.73. The van der Waals surface area contributed by atoms with Gasteiger partial charge in [-0.25, -0.2) is 9.18 Å². The van der Waals surface area contributed by atoms with Crippen molar-refractivity contribution in [2.45, 2.75) is 0 Å². The van der Waals surface area contributed by atoms with Gasteiger partial charge in [0.05, 0.1) is 15.9 Å². The molecule has 1 aromatic carbocycles. The van der Waals surface area contributed by atoms with E-state index in [9.17, 15) is 14.0 Å². The second kappa shape index (κ2) is 3.61. The van der Waals surface area contributed by atoms with Crippen LogP contribution in [0.1, 0.15) is 10.4 Å². The van der Waals surface area contributed by atoms with Crippen LogP contribution in [0.2, 0.25) is 5.02 Å². The number of carboxylic acid groups (broad SMARTS) is 1. The summed E-state index contributed by atoms with van der Waals surface area (Å²) in [5, 5.41) is 8.59. The monoisotopic (exact) mass is 241 g/mol. The van der Waals surface area contributed by atoms with E-state index in [1.165, 1.54) is 6.07 Å². The predicted octanol–water partition coefficient (Wildman–Crippen LogP) is 2.02. The second-order valence-electron chi connectivity index (χ2n) is 3.12. The van der Waals surface area contributed by atoms with Gasteiger partial charge in [0, 0.05) is 6.20 Å². The molecular weight excluding hydrogens is 237 g/mol. The molecule has 6 heteroatoms. The molecule has 2 N–H and O–H groups in total. The molecule has 82 valence electrons. The molecule has 0 saturated carbocycles. The number of carbonyl (C=O) groups is 1. The number of rotatable bonds is 1. The number of fused-ring (bicyclic) bond motifs is 1.